The third kappa shape index (κ3) is 9.24. The molecule has 0 radical (unpaired) electrons. The molecule has 0 amide bonds. The number of carbonyl (C=O) groups excluding carboxylic acids is 2. The zero-order chi connectivity index (χ0) is 32.8. The molecule has 0 bridgehead atoms. The SMILES string of the molecule is C=CC(=O)OCCCCCCOc1ccc2cc(C#Cc3ccc(C#Cc4ccc(OC(=O)C=C)cc4)c4ccccc34)ccc2c1. The van der Waals surface area contributed by atoms with Crippen LogP contribution in [0, 0.1) is 23.7 Å². The van der Waals surface area contributed by atoms with Crippen molar-refractivity contribution in [3.05, 3.63) is 145 Å². The molecule has 5 nitrogen and oxygen atoms in total. The highest BCUT2D eigenvalue weighted by Crippen LogP contribution is 2.24. The van der Waals surface area contributed by atoms with Crippen molar-refractivity contribution in [2.45, 2.75) is 25.7 Å². The highest BCUT2D eigenvalue weighted by atomic mass is 16.5. The van der Waals surface area contributed by atoms with E-state index in [0.29, 0.717) is 19.0 Å². The Kier molecular flexibility index (Phi) is 11.2. The molecule has 0 aliphatic carbocycles. The van der Waals surface area contributed by atoms with Gasteiger partial charge in [-0.3, -0.25) is 0 Å². The average molecular weight is 619 g/mol. The number of carbonyl (C=O) groups is 2. The Labute approximate surface area is 275 Å². The van der Waals surface area contributed by atoms with Crippen molar-refractivity contribution >= 4 is 33.5 Å². The van der Waals surface area contributed by atoms with Crippen LogP contribution in [-0.2, 0) is 14.3 Å². The molecule has 0 aliphatic rings. The first kappa shape index (κ1) is 32.4. The van der Waals surface area contributed by atoms with Gasteiger partial charge in [-0.2, -0.15) is 0 Å². The van der Waals surface area contributed by atoms with Crippen LogP contribution in [0.1, 0.15) is 47.9 Å². The van der Waals surface area contributed by atoms with Gasteiger partial charge in [0.1, 0.15) is 11.5 Å². The second kappa shape index (κ2) is 16.3. The monoisotopic (exact) mass is 618 g/mol. The summed E-state index contributed by atoms with van der Waals surface area (Å²) >= 11 is 0. The van der Waals surface area contributed by atoms with Gasteiger partial charge in [-0.15, -0.1) is 0 Å². The molecule has 47 heavy (non-hydrogen) atoms. The summed E-state index contributed by atoms with van der Waals surface area (Å²) in [6, 6.07) is 31.5. The van der Waals surface area contributed by atoms with E-state index in [-0.39, 0.29) is 5.97 Å². The number of ether oxygens (including phenoxy) is 3. The van der Waals surface area contributed by atoms with Crippen molar-refractivity contribution in [3.8, 4) is 35.2 Å². The molecule has 0 saturated carbocycles. The van der Waals surface area contributed by atoms with Crippen molar-refractivity contribution in [1.82, 2.24) is 0 Å². The van der Waals surface area contributed by atoms with Crippen LogP contribution in [0.2, 0.25) is 0 Å². The van der Waals surface area contributed by atoms with Crippen LogP contribution in [-0.4, -0.2) is 25.2 Å². The number of esters is 2. The number of hydrogen-bond acceptors (Lipinski definition) is 5. The zero-order valence-corrected chi connectivity index (χ0v) is 26.1. The van der Waals surface area contributed by atoms with Gasteiger partial charge in [0.05, 0.1) is 13.2 Å². The molecular weight excluding hydrogens is 584 g/mol. The van der Waals surface area contributed by atoms with E-state index < -0.39 is 5.97 Å². The van der Waals surface area contributed by atoms with E-state index in [4.69, 9.17) is 14.2 Å². The first-order valence-corrected chi connectivity index (χ1v) is 15.5. The van der Waals surface area contributed by atoms with Crippen LogP contribution in [0.5, 0.6) is 11.5 Å². The Morgan fingerprint density at radius 1 is 0.574 bits per heavy atom. The highest BCUT2D eigenvalue weighted by Gasteiger charge is 2.04. The lowest BCUT2D eigenvalue weighted by Crippen LogP contribution is -2.02. The van der Waals surface area contributed by atoms with Crippen molar-refractivity contribution in [3.63, 3.8) is 0 Å². The van der Waals surface area contributed by atoms with Crippen molar-refractivity contribution < 1.29 is 23.8 Å². The Hall–Kier alpha value is -6.04. The van der Waals surface area contributed by atoms with Gasteiger partial charge in [0.15, 0.2) is 0 Å². The topological polar surface area (TPSA) is 61.8 Å². The maximum Gasteiger partial charge on any atom is 0.335 e. The summed E-state index contributed by atoms with van der Waals surface area (Å²) in [6.45, 7) is 7.87. The summed E-state index contributed by atoms with van der Waals surface area (Å²) in [5, 5.41) is 4.26. The molecule has 5 heteroatoms. The van der Waals surface area contributed by atoms with Crippen LogP contribution in [0.25, 0.3) is 21.5 Å². The molecule has 5 aromatic rings. The Balaban J connectivity index is 1.22. The molecule has 0 atom stereocenters. The smallest absolute Gasteiger partial charge is 0.335 e. The van der Waals surface area contributed by atoms with Crippen LogP contribution in [0.15, 0.2) is 122 Å². The van der Waals surface area contributed by atoms with E-state index >= 15 is 0 Å². The van der Waals surface area contributed by atoms with Crippen LogP contribution >= 0.6 is 0 Å². The highest BCUT2D eigenvalue weighted by molar-refractivity contribution is 5.93. The molecule has 0 spiro atoms. The lowest BCUT2D eigenvalue weighted by molar-refractivity contribution is -0.137. The maximum absolute atomic E-state index is 11.4. The van der Waals surface area contributed by atoms with Crippen LogP contribution in [0.3, 0.4) is 0 Å². The quantitative estimate of drug-likeness (QED) is 0.0488. The van der Waals surface area contributed by atoms with Crippen LogP contribution < -0.4 is 9.47 Å². The molecule has 5 rings (SSSR count). The lowest BCUT2D eigenvalue weighted by atomic mass is 9.99. The molecule has 0 N–H and O–H groups in total. The van der Waals surface area contributed by atoms with Gasteiger partial charge >= 0.3 is 11.9 Å². The number of rotatable bonds is 11. The van der Waals surface area contributed by atoms with E-state index in [1.165, 1.54) is 6.08 Å². The minimum Gasteiger partial charge on any atom is -0.494 e. The number of unbranched alkanes of at least 4 members (excludes halogenated alkanes) is 3. The van der Waals surface area contributed by atoms with Gasteiger partial charge in [0.25, 0.3) is 0 Å². The lowest BCUT2D eigenvalue weighted by Gasteiger charge is -2.08. The molecule has 0 unspecified atom stereocenters. The fourth-order valence-electron chi connectivity index (χ4n) is 4.93. The third-order valence-corrected chi connectivity index (χ3v) is 7.38. The molecule has 232 valence electrons. The summed E-state index contributed by atoms with van der Waals surface area (Å²) in [5.74, 6) is 13.6. The van der Waals surface area contributed by atoms with Gasteiger partial charge in [-0.1, -0.05) is 73.2 Å². The summed E-state index contributed by atoms with van der Waals surface area (Å²) < 4.78 is 16.1. The number of fused-ring (bicyclic) bond motifs is 2. The van der Waals surface area contributed by atoms with Gasteiger partial charge in [0.2, 0.25) is 0 Å². The largest absolute Gasteiger partial charge is 0.494 e. The summed E-state index contributed by atoms with van der Waals surface area (Å²) in [7, 11) is 0. The minimum absolute atomic E-state index is 0.372. The fraction of sp³-hybridized carbons (Fsp3) is 0.143. The predicted molar refractivity (Wildman–Crippen MR) is 187 cm³/mol. The van der Waals surface area contributed by atoms with Crippen molar-refractivity contribution in [1.29, 1.82) is 0 Å². The molecule has 0 fully saturated rings. The normalized spacial score (nSPS) is 10.2. The van der Waals surface area contributed by atoms with Crippen molar-refractivity contribution in [2.75, 3.05) is 13.2 Å². The Bertz CT molecular complexity index is 2050. The maximum atomic E-state index is 11.4. The summed E-state index contributed by atoms with van der Waals surface area (Å²) in [6.07, 6.45) is 6.09. The fourth-order valence-corrected chi connectivity index (χ4v) is 4.93. The Morgan fingerprint density at radius 3 is 1.83 bits per heavy atom. The van der Waals surface area contributed by atoms with Crippen molar-refractivity contribution in [2.24, 2.45) is 0 Å². The number of benzene rings is 5. The molecule has 0 aromatic heterocycles. The molecule has 5 aromatic carbocycles. The second-order valence-corrected chi connectivity index (χ2v) is 10.7. The predicted octanol–water partition coefficient (Wildman–Crippen LogP) is 8.55. The van der Waals surface area contributed by atoms with E-state index in [9.17, 15) is 9.59 Å². The minimum atomic E-state index is -0.499. The average Bonchev–Trinajstić information content (AvgIpc) is 3.11. The second-order valence-electron chi connectivity index (χ2n) is 10.7. The van der Waals surface area contributed by atoms with E-state index in [1.54, 1.807) is 12.1 Å². The Morgan fingerprint density at radius 2 is 1.15 bits per heavy atom. The third-order valence-electron chi connectivity index (χ3n) is 7.38. The van der Waals surface area contributed by atoms with Crippen LogP contribution in [0.4, 0.5) is 0 Å². The first-order valence-electron chi connectivity index (χ1n) is 15.5. The van der Waals surface area contributed by atoms with Gasteiger partial charge < -0.3 is 14.2 Å². The van der Waals surface area contributed by atoms with Gasteiger partial charge in [0, 0.05) is 34.4 Å². The molecular formula is C42H34O5. The van der Waals surface area contributed by atoms with E-state index in [0.717, 1.165) is 81.3 Å². The molecule has 0 heterocycles. The summed E-state index contributed by atoms with van der Waals surface area (Å²) in [4.78, 5) is 22.5. The summed E-state index contributed by atoms with van der Waals surface area (Å²) in [5.41, 5.74) is 3.58. The first-order chi connectivity index (χ1) is 23.0. The zero-order valence-electron chi connectivity index (χ0n) is 26.1. The van der Waals surface area contributed by atoms with E-state index in [2.05, 4.69) is 73.2 Å². The van der Waals surface area contributed by atoms with Gasteiger partial charge in [-0.25, -0.2) is 9.59 Å². The molecule has 0 saturated heterocycles. The standard InChI is InChI=1S/C42H34O5/c1-3-41(43)46-28-10-6-5-9-27-45-38-26-23-35-29-32(15-20-36(35)30-38)14-19-34-22-21-33(39-11-7-8-12-40(34)39)18-13-31-16-24-37(25-17-31)47-42(44)4-2/h3-4,7-8,11-12,15-17,20-26,29-30H,1-2,5-6,9-10,27-28H2. The number of hydrogen-bond donors (Lipinski definition) is 0. The van der Waals surface area contributed by atoms with Gasteiger partial charge in [-0.05, 0) is 108 Å². The molecule has 0 aliphatic heterocycles. The van der Waals surface area contributed by atoms with E-state index in [1.807, 2.05) is 48.5 Å².